The Labute approximate surface area is 116 Å². The number of aromatic nitrogens is 2. The molecule has 6 nitrogen and oxygen atoms in total. The maximum absolute atomic E-state index is 11.1. The van der Waals surface area contributed by atoms with Gasteiger partial charge in [0.15, 0.2) is 0 Å². The zero-order valence-electron chi connectivity index (χ0n) is 10.7. The van der Waals surface area contributed by atoms with Crippen molar-refractivity contribution in [1.29, 1.82) is 0 Å². The first-order valence-corrected chi connectivity index (χ1v) is 7.71. The molecule has 7 heteroatoms. The summed E-state index contributed by atoms with van der Waals surface area (Å²) in [5.74, 6) is 0. The van der Waals surface area contributed by atoms with Crippen molar-refractivity contribution in [2.24, 2.45) is 0 Å². The number of benzene rings is 1. The van der Waals surface area contributed by atoms with Crippen molar-refractivity contribution in [2.75, 3.05) is 13.2 Å². The largest absolute Gasteiger partial charge is 0.381 e. The molecule has 20 heavy (non-hydrogen) atoms. The van der Waals surface area contributed by atoms with Gasteiger partial charge in [0.1, 0.15) is 0 Å². The average Bonchev–Trinajstić information content (AvgIpc) is 2.81. The summed E-state index contributed by atoms with van der Waals surface area (Å²) >= 11 is 0. The van der Waals surface area contributed by atoms with E-state index in [1.807, 2.05) is 6.08 Å². The Kier molecular flexibility index (Phi) is 3.33. The molecule has 0 spiro atoms. The van der Waals surface area contributed by atoms with E-state index < -0.39 is 10.1 Å². The molecule has 1 saturated heterocycles. The van der Waals surface area contributed by atoms with Crippen molar-refractivity contribution in [3.8, 4) is 0 Å². The van der Waals surface area contributed by atoms with Gasteiger partial charge in [-0.25, -0.2) is 0 Å². The molecule has 1 aromatic carbocycles. The molecule has 0 amide bonds. The van der Waals surface area contributed by atoms with Crippen LogP contribution in [0.4, 0.5) is 0 Å². The van der Waals surface area contributed by atoms with Gasteiger partial charge in [-0.05, 0) is 37.1 Å². The van der Waals surface area contributed by atoms with Crippen LogP contribution in [0, 0.1) is 0 Å². The van der Waals surface area contributed by atoms with E-state index in [1.54, 1.807) is 6.07 Å². The summed E-state index contributed by atoms with van der Waals surface area (Å²) in [7, 11) is -4.19. The van der Waals surface area contributed by atoms with E-state index in [0.29, 0.717) is 5.52 Å². The van der Waals surface area contributed by atoms with Crippen molar-refractivity contribution in [3.63, 3.8) is 0 Å². The molecule has 2 aromatic rings. The lowest BCUT2D eigenvalue weighted by molar-refractivity contribution is 0.119. The Morgan fingerprint density at radius 2 is 2.05 bits per heavy atom. The van der Waals surface area contributed by atoms with Crippen LogP contribution in [-0.4, -0.2) is 36.4 Å². The fourth-order valence-electron chi connectivity index (χ4n) is 2.26. The van der Waals surface area contributed by atoms with Gasteiger partial charge in [0.05, 0.1) is 29.3 Å². The van der Waals surface area contributed by atoms with E-state index in [1.165, 1.54) is 17.7 Å². The van der Waals surface area contributed by atoms with Crippen molar-refractivity contribution < 1.29 is 17.7 Å². The van der Waals surface area contributed by atoms with Crippen molar-refractivity contribution in [2.45, 2.75) is 17.7 Å². The van der Waals surface area contributed by atoms with E-state index in [9.17, 15) is 8.42 Å². The number of H-pyrrole nitrogens is 1. The minimum atomic E-state index is -4.19. The first kappa shape index (κ1) is 13.3. The third kappa shape index (κ3) is 2.60. The summed E-state index contributed by atoms with van der Waals surface area (Å²) in [6, 6.07) is 4.40. The Morgan fingerprint density at radius 1 is 1.30 bits per heavy atom. The number of hydrogen-bond acceptors (Lipinski definition) is 4. The molecule has 0 bridgehead atoms. The van der Waals surface area contributed by atoms with E-state index >= 15 is 0 Å². The molecule has 1 aliphatic rings. The molecule has 2 heterocycles. The third-order valence-corrected chi connectivity index (χ3v) is 4.19. The van der Waals surface area contributed by atoms with Gasteiger partial charge in [-0.1, -0.05) is 5.57 Å². The van der Waals surface area contributed by atoms with Gasteiger partial charge in [0.2, 0.25) is 0 Å². The van der Waals surface area contributed by atoms with Crippen LogP contribution in [0.5, 0.6) is 0 Å². The highest BCUT2D eigenvalue weighted by Crippen LogP contribution is 2.24. The standard InChI is InChI=1S/C13H14N2O4S/c16-20(17,18)10-1-2-11-12(14-15-13(11)8-10)7-9-3-5-19-6-4-9/h1-2,7-8H,3-6H2,(H,14,15)(H,16,17,18). The molecule has 2 N–H and O–H groups in total. The number of ether oxygens (including phenoxy) is 1. The molecule has 0 aliphatic carbocycles. The lowest BCUT2D eigenvalue weighted by Crippen LogP contribution is -2.06. The third-order valence-electron chi connectivity index (χ3n) is 3.34. The lowest BCUT2D eigenvalue weighted by Gasteiger charge is -2.13. The summed E-state index contributed by atoms with van der Waals surface area (Å²) in [4.78, 5) is -0.140. The molecular formula is C13H14N2O4S. The predicted octanol–water partition coefficient (Wildman–Crippen LogP) is 2.00. The Hall–Kier alpha value is -1.70. The van der Waals surface area contributed by atoms with Crippen LogP contribution in [0.2, 0.25) is 0 Å². The predicted molar refractivity (Wildman–Crippen MR) is 73.9 cm³/mol. The molecule has 0 atom stereocenters. The second kappa shape index (κ2) is 5.01. The quantitative estimate of drug-likeness (QED) is 0.826. The monoisotopic (exact) mass is 294 g/mol. The van der Waals surface area contributed by atoms with E-state index in [4.69, 9.17) is 9.29 Å². The van der Waals surface area contributed by atoms with Gasteiger partial charge in [-0.3, -0.25) is 9.65 Å². The van der Waals surface area contributed by atoms with Gasteiger partial charge in [-0.15, -0.1) is 0 Å². The molecule has 1 aromatic heterocycles. The smallest absolute Gasteiger partial charge is 0.294 e. The molecule has 1 aliphatic heterocycles. The Balaban J connectivity index is 2.02. The SMILES string of the molecule is O=S(=O)(O)c1ccc2c(C=C3CCOCC3)n[nH]c2c1. The minimum Gasteiger partial charge on any atom is -0.381 e. The van der Waals surface area contributed by atoms with Gasteiger partial charge in [-0.2, -0.15) is 13.5 Å². The van der Waals surface area contributed by atoms with E-state index in [0.717, 1.165) is 37.1 Å². The normalized spacial score (nSPS) is 16.6. The summed E-state index contributed by atoms with van der Waals surface area (Å²) in [6.07, 6.45) is 3.78. The topological polar surface area (TPSA) is 92.3 Å². The molecule has 106 valence electrons. The minimum absolute atomic E-state index is 0.140. The second-order valence-electron chi connectivity index (χ2n) is 4.71. The number of nitrogens with one attached hydrogen (secondary N) is 1. The molecule has 0 saturated carbocycles. The number of aromatic amines is 1. The zero-order valence-corrected chi connectivity index (χ0v) is 11.5. The highest BCUT2D eigenvalue weighted by atomic mass is 32.2. The van der Waals surface area contributed by atoms with Gasteiger partial charge in [0, 0.05) is 5.39 Å². The number of nitrogens with zero attached hydrogens (tertiary/aromatic N) is 1. The van der Waals surface area contributed by atoms with Crippen LogP contribution in [0.25, 0.3) is 17.0 Å². The first-order chi connectivity index (χ1) is 9.54. The maximum Gasteiger partial charge on any atom is 0.294 e. The highest BCUT2D eigenvalue weighted by molar-refractivity contribution is 7.85. The van der Waals surface area contributed by atoms with Crippen molar-refractivity contribution in [1.82, 2.24) is 10.2 Å². The summed E-state index contributed by atoms with van der Waals surface area (Å²) in [6.45, 7) is 1.45. The summed E-state index contributed by atoms with van der Waals surface area (Å²) in [5.41, 5.74) is 2.63. The fourth-order valence-corrected chi connectivity index (χ4v) is 2.77. The Morgan fingerprint density at radius 3 is 2.75 bits per heavy atom. The van der Waals surface area contributed by atoms with Crippen molar-refractivity contribution >= 4 is 27.1 Å². The van der Waals surface area contributed by atoms with Gasteiger partial charge >= 0.3 is 0 Å². The average molecular weight is 294 g/mol. The fraction of sp³-hybridized carbons (Fsp3) is 0.308. The summed E-state index contributed by atoms with van der Waals surface area (Å²) in [5, 5.41) is 7.81. The van der Waals surface area contributed by atoms with Gasteiger partial charge in [0.25, 0.3) is 10.1 Å². The van der Waals surface area contributed by atoms with E-state index in [2.05, 4.69) is 10.2 Å². The van der Waals surface area contributed by atoms with Crippen LogP contribution in [0.1, 0.15) is 18.5 Å². The first-order valence-electron chi connectivity index (χ1n) is 6.27. The molecule has 3 rings (SSSR count). The zero-order chi connectivity index (χ0) is 14.2. The van der Waals surface area contributed by atoms with Gasteiger partial charge < -0.3 is 4.74 Å². The number of fused-ring (bicyclic) bond motifs is 1. The maximum atomic E-state index is 11.1. The molecule has 0 unspecified atom stereocenters. The highest BCUT2D eigenvalue weighted by Gasteiger charge is 2.13. The molecular weight excluding hydrogens is 280 g/mol. The summed E-state index contributed by atoms with van der Waals surface area (Å²) < 4.78 is 36.5. The van der Waals surface area contributed by atoms with E-state index in [-0.39, 0.29) is 4.90 Å². The van der Waals surface area contributed by atoms with Crippen LogP contribution < -0.4 is 0 Å². The Bertz CT molecular complexity index is 769. The molecule has 1 fully saturated rings. The number of rotatable bonds is 2. The van der Waals surface area contributed by atoms with Crippen LogP contribution in [0.3, 0.4) is 0 Å². The lowest BCUT2D eigenvalue weighted by atomic mass is 10.1. The van der Waals surface area contributed by atoms with Crippen LogP contribution >= 0.6 is 0 Å². The second-order valence-corrected chi connectivity index (χ2v) is 6.13. The number of hydrogen-bond donors (Lipinski definition) is 2. The van der Waals surface area contributed by atoms with Crippen LogP contribution in [0.15, 0.2) is 28.7 Å². The van der Waals surface area contributed by atoms with Crippen LogP contribution in [-0.2, 0) is 14.9 Å². The molecule has 0 radical (unpaired) electrons. The van der Waals surface area contributed by atoms with Crippen molar-refractivity contribution in [3.05, 3.63) is 29.5 Å².